The Bertz CT molecular complexity index is 268. The molecule has 0 aromatic carbocycles. The molecular formula is C10H17N3O. The minimum atomic E-state index is -0.198. The van der Waals surface area contributed by atoms with Crippen LogP contribution in [0.2, 0.25) is 0 Å². The van der Waals surface area contributed by atoms with E-state index in [0.29, 0.717) is 0 Å². The number of hydrogen-bond acceptors (Lipinski definition) is 4. The van der Waals surface area contributed by atoms with Crippen LogP contribution in [-0.2, 0) is 4.84 Å². The van der Waals surface area contributed by atoms with Crippen LogP contribution in [-0.4, -0.2) is 15.6 Å². The van der Waals surface area contributed by atoms with E-state index in [0.717, 1.165) is 5.69 Å². The average molecular weight is 195 g/mol. The van der Waals surface area contributed by atoms with Crippen molar-refractivity contribution >= 4 is 0 Å². The van der Waals surface area contributed by atoms with Gasteiger partial charge < -0.3 is 0 Å². The molecule has 1 aromatic heterocycles. The molecule has 0 saturated heterocycles. The van der Waals surface area contributed by atoms with E-state index < -0.39 is 0 Å². The zero-order valence-electron chi connectivity index (χ0n) is 9.11. The third-order valence-electron chi connectivity index (χ3n) is 1.57. The summed E-state index contributed by atoms with van der Waals surface area (Å²) in [6, 6.07) is 0.0444. The molecule has 0 aliphatic carbocycles. The van der Waals surface area contributed by atoms with Gasteiger partial charge in [-0.15, -0.1) is 0 Å². The van der Waals surface area contributed by atoms with Crippen molar-refractivity contribution in [3.8, 4) is 0 Å². The zero-order valence-corrected chi connectivity index (χ0v) is 9.11. The van der Waals surface area contributed by atoms with Crippen molar-refractivity contribution in [3.63, 3.8) is 0 Å². The van der Waals surface area contributed by atoms with Crippen molar-refractivity contribution in [2.75, 3.05) is 0 Å². The van der Waals surface area contributed by atoms with Gasteiger partial charge in [0.05, 0.1) is 23.5 Å². The summed E-state index contributed by atoms with van der Waals surface area (Å²) >= 11 is 0. The molecule has 14 heavy (non-hydrogen) atoms. The molecular weight excluding hydrogens is 178 g/mol. The van der Waals surface area contributed by atoms with E-state index in [2.05, 4.69) is 15.4 Å². The maximum Gasteiger partial charge on any atom is 0.0813 e. The summed E-state index contributed by atoms with van der Waals surface area (Å²) in [6.45, 7) is 7.95. The van der Waals surface area contributed by atoms with E-state index in [-0.39, 0.29) is 11.6 Å². The van der Waals surface area contributed by atoms with Crippen LogP contribution >= 0.6 is 0 Å². The summed E-state index contributed by atoms with van der Waals surface area (Å²) in [5.41, 5.74) is 3.61. The molecule has 4 heteroatoms. The van der Waals surface area contributed by atoms with E-state index in [1.165, 1.54) is 0 Å². The maximum atomic E-state index is 5.43. The van der Waals surface area contributed by atoms with Crippen LogP contribution in [0.15, 0.2) is 18.6 Å². The zero-order chi connectivity index (χ0) is 10.6. The van der Waals surface area contributed by atoms with Crippen LogP contribution in [0.1, 0.15) is 39.4 Å². The van der Waals surface area contributed by atoms with Gasteiger partial charge in [0.25, 0.3) is 0 Å². The van der Waals surface area contributed by atoms with Crippen LogP contribution in [0.25, 0.3) is 0 Å². The number of rotatable bonds is 3. The number of hydroxylamine groups is 1. The minimum Gasteiger partial charge on any atom is -0.295 e. The standard InChI is InChI=1S/C10H17N3O/c1-8(13-14-10(2,3)4)9-7-11-5-6-12-9/h5-8,13H,1-4H3. The lowest BCUT2D eigenvalue weighted by atomic mass is 10.2. The predicted octanol–water partition coefficient (Wildman–Crippen LogP) is 1.86. The van der Waals surface area contributed by atoms with Crippen molar-refractivity contribution in [2.45, 2.75) is 39.3 Å². The third-order valence-corrected chi connectivity index (χ3v) is 1.57. The highest BCUT2D eigenvalue weighted by atomic mass is 16.7. The Morgan fingerprint density at radius 3 is 2.57 bits per heavy atom. The predicted molar refractivity (Wildman–Crippen MR) is 54.4 cm³/mol. The molecule has 0 spiro atoms. The summed E-state index contributed by atoms with van der Waals surface area (Å²) in [6.07, 6.45) is 5.05. The Balaban J connectivity index is 2.48. The molecule has 0 fully saturated rings. The fourth-order valence-corrected chi connectivity index (χ4v) is 0.860. The smallest absolute Gasteiger partial charge is 0.0813 e. The maximum absolute atomic E-state index is 5.43. The van der Waals surface area contributed by atoms with Crippen molar-refractivity contribution < 1.29 is 4.84 Å². The summed E-state index contributed by atoms with van der Waals surface area (Å²) < 4.78 is 0. The molecule has 0 saturated carbocycles. The van der Waals surface area contributed by atoms with Gasteiger partial charge in [0.15, 0.2) is 0 Å². The van der Waals surface area contributed by atoms with Crippen LogP contribution in [0.4, 0.5) is 0 Å². The van der Waals surface area contributed by atoms with Gasteiger partial charge in [-0.2, -0.15) is 5.48 Å². The van der Waals surface area contributed by atoms with E-state index >= 15 is 0 Å². The molecule has 0 aliphatic heterocycles. The van der Waals surface area contributed by atoms with E-state index in [9.17, 15) is 0 Å². The first-order valence-electron chi connectivity index (χ1n) is 4.68. The Kier molecular flexibility index (Phi) is 3.55. The van der Waals surface area contributed by atoms with Gasteiger partial charge in [0.2, 0.25) is 0 Å². The number of nitrogens with one attached hydrogen (secondary N) is 1. The second kappa shape index (κ2) is 4.48. The fourth-order valence-electron chi connectivity index (χ4n) is 0.860. The quantitative estimate of drug-likeness (QED) is 0.748. The monoisotopic (exact) mass is 195 g/mol. The molecule has 0 radical (unpaired) electrons. The number of aromatic nitrogens is 2. The number of hydrogen-bond donors (Lipinski definition) is 1. The molecule has 1 rings (SSSR count). The summed E-state index contributed by atoms with van der Waals surface area (Å²) in [4.78, 5) is 13.6. The summed E-state index contributed by atoms with van der Waals surface area (Å²) in [5.74, 6) is 0. The van der Waals surface area contributed by atoms with E-state index in [1.54, 1.807) is 18.6 Å². The first kappa shape index (κ1) is 11.1. The molecule has 1 atom stereocenters. The normalized spacial score (nSPS) is 14.0. The van der Waals surface area contributed by atoms with E-state index in [1.807, 2.05) is 27.7 Å². The highest BCUT2D eigenvalue weighted by molar-refractivity contribution is 4.99. The minimum absolute atomic E-state index is 0.0444. The van der Waals surface area contributed by atoms with Gasteiger partial charge >= 0.3 is 0 Å². The van der Waals surface area contributed by atoms with Crippen molar-refractivity contribution in [1.29, 1.82) is 0 Å². The molecule has 1 aromatic rings. The molecule has 1 unspecified atom stereocenters. The molecule has 1 heterocycles. The molecule has 78 valence electrons. The van der Waals surface area contributed by atoms with Crippen LogP contribution in [0.3, 0.4) is 0 Å². The van der Waals surface area contributed by atoms with Gasteiger partial charge in [0, 0.05) is 12.4 Å². The SMILES string of the molecule is CC(NOC(C)(C)C)c1cnccn1. The van der Waals surface area contributed by atoms with Gasteiger partial charge in [0.1, 0.15) is 0 Å². The molecule has 0 amide bonds. The highest BCUT2D eigenvalue weighted by Crippen LogP contribution is 2.10. The van der Waals surface area contributed by atoms with Crippen molar-refractivity contribution in [3.05, 3.63) is 24.3 Å². The Morgan fingerprint density at radius 2 is 2.07 bits per heavy atom. The first-order chi connectivity index (χ1) is 6.49. The topological polar surface area (TPSA) is 47.0 Å². The molecule has 1 N–H and O–H groups in total. The van der Waals surface area contributed by atoms with Crippen molar-refractivity contribution in [2.24, 2.45) is 0 Å². The van der Waals surface area contributed by atoms with Crippen LogP contribution in [0, 0.1) is 0 Å². The number of nitrogens with zero attached hydrogens (tertiary/aromatic N) is 2. The Labute approximate surface area is 84.7 Å². The fraction of sp³-hybridized carbons (Fsp3) is 0.600. The lowest BCUT2D eigenvalue weighted by molar-refractivity contribution is -0.0871. The first-order valence-corrected chi connectivity index (χ1v) is 4.68. The largest absolute Gasteiger partial charge is 0.295 e. The van der Waals surface area contributed by atoms with Gasteiger partial charge in [-0.25, -0.2) is 0 Å². The van der Waals surface area contributed by atoms with Crippen molar-refractivity contribution in [1.82, 2.24) is 15.4 Å². The third kappa shape index (κ3) is 3.81. The summed E-state index contributed by atoms with van der Waals surface area (Å²) in [5, 5.41) is 0. The Morgan fingerprint density at radius 1 is 1.36 bits per heavy atom. The van der Waals surface area contributed by atoms with Gasteiger partial charge in [-0.05, 0) is 27.7 Å². The summed E-state index contributed by atoms with van der Waals surface area (Å²) in [7, 11) is 0. The van der Waals surface area contributed by atoms with Gasteiger partial charge in [-0.3, -0.25) is 14.8 Å². The highest BCUT2D eigenvalue weighted by Gasteiger charge is 2.13. The van der Waals surface area contributed by atoms with Crippen LogP contribution < -0.4 is 5.48 Å². The van der Waals surface area contributed by atoms with E-state index in [4.69, 9.17) is 4.84 Å². The lowest BCUT2D eigenvalue weighted by Gasteiger charge is -2.22. The molecule has 0 aliphatic rings. The lowest BCUT2D eigenvalue weighted by Crippen LogP contribution is -2.31. The second-order valence-electron chi connectivity index (χ2n) is 4.18. The van der Waals surface area contributed by atoms with Gasteiger partial charge in [-0.1, -0.05) is 0 Å². The van der Waals surface area contributed by atoms with Crippen LogP contribution in [0.5, 0.6) is 0 Å². The Hall–Kier alpha value is -1.00. The molecule has 0 bridgehead atoms. The average Bonchev–Trinajstić information content (AvgIpc) is 2.14. The second-order valence-corrected chi connectivity index (χ2v) is 4.18. The molecule has 4 nitrogen and oxygen atoms in total.